The average molecular weight is 308 g/mol. The van der Waals surface area contributed by atoms with Gasteiger partial charge in [0.2, 0.25) is 5.88 Å². The zero-order chi connectivity index (χ0) is 15.5. The van der Waals surface area contributed by atoms with Crippen molar-refractivity contribution < 1.29 is 12.9 Å². The van der Waals surface area contributed by atoms with Crippen molar-refractivity contribution in [2.45, 2.75) is 38.5 Å². The van der Waals surface area contributed by atoms with Crippen LogP contribution in [-0.2, 0) is 10.0 Å². The monoisotopic (exact) mass is 308 g/mol. The summed E-state index contributed by atoms with van der Waals surface area (Å²) in [7, 11) is -3.64. The zero-order valence-corrected chi connectivity index (χ0v) is 13.4. The van der Waals surface area contributed by atoms with Crippen LogP contribution in [0.15, 0.2) is 39.8 Å². The molecule has 0 fully saturated rings. The number of benzene rings is 1. The van der Waals surface area contributed by atoms with Crippen LogP contribution >= 0.6 is 0 Å². The Labute approximate surface area is 125 Å². The molecule has 0 spiro atoms. The normalized spacial score (nSPS) is 11.6. The Balaban J connectivity index is 2.48. The van der Waals surface area contributed by atoms with Gasteiger partial charge in [-0.3, -0.25) is 0 Å². The van der Waals surface area contributed by atoms with E-state index >= 15 is 0 Å². The maximum Gasteiger partial charge on any atom is 0.266 e. The summed E-state index contributed by atoms with van der Waals surface area (Å²) in [5.74, 6) is 0.310. The highest BCUT2D eigenvalue weighted by Crippen LogP contribution is 2.28. The van der Waals surface area contributed by atoms with Gasteiger partial charge in [-0.2, -0.15) is 0 Å². The van der Waals surface area contributed by atoms with Crippen molar-refractivity contribution >= 4 is 15.9 Å². The van der Waals surface area contributed by atoms with Crippen molar-refractivity contribution in [3.63, 3.8) is 0 Å². The van der Waals surface area contributed by atoms with Gasteiger partial charge in [-0.15, -0.1) is 0 Å². The third kappa shape index (κ3) is 3.10. The zero-order valence-electron chi connectivity index (χ0n) is 12.5. The highest BCUT2D eigenvalue weighted by Gasteiger charge is 2.29. The Hall–Kier alpha value is -1.82. The molecule has 0 atom stereocenters. The molecule has 0 aliphatic carbocycles. The molecule has 21 heavy (non-hydrogen) atoms. The number of sulfonamides is 1. The van der Waals surface area contributed by atoms with Gasteiger partial charge in [-0.25, -0.2) is 12.7 Å². The largest absolute Gasteiger partial charge is 0.337 e. The Morgan fingerprint density at radius 3 is 2.38 bits per heavy atom. The second-order valence-electron chi connectivity index (χ2n) is 4.94. The third-order valence-electron chi connectivity index (χ3n) is 3.41. The van der Waals surface area contributed by atoms with Gasteiger partial charge in [0, 0.05) is 12.1 Å². The van der Waals surface area contributed by atoms with E-state index in [1.54, 1.807) is 37.3 Å². The molecule has 2 rings (SSSR count). The van der Waals surface area contributed by atoms with E-state index in [0.29, 0.717) is 18.1 Å². The summed E-state index contributed by atoms with van der Waals surface area (Å²) in [6.07, 6.45) is 1.65. The maximum absolute atomic E-state index is 12.8. The topological polar surface area (TPSA) is 63.4 Å². The van der Waals surface area contributed by atoms with Crippen LogP contribution in [0.4, 0.5) is 5.88 Å². The van der Waals surface area contributed by atoms with Crippen LogP contribution in [0.1, 0.15) is 31.0 Å². The number of unbranched alkanes of at least 4 members (excludes halogenated alkanes) is 1. The van der Waals surface area contributed by atoms with Gasteiger partial charge in [-0.05, 0) is 32.4 Å². The van der Waals surface area contributed by atoms with E-state index in [1.807, 2.05) is 13.8 Å². The first kappa shape index (κ1) is 15.6. The first-order chi connectivity index (χ1) is 9.98. The molecule has 0 bridgehead atoms. The summed E-state index contributed by atoms with van der Waals surface area (Å²) in [5.41, 5.74) is 1.46. The first-order valence-electron chi connectivity index (χ1n) is 6.99. The molecule has 0 saturated heterocycles. The van der Waals surface area contributed by atoms with Gasteiger partial charge in [0.15, 0.2) is 0 Å². The standard InChI is InChI=1S/C15H20N2O3S/c1-4-5-11-17(15-12(2)13(3)16-20-15)21(18,19)14-9-7-6-8-10-14/h6-10H,4-5,11H2,1-3H3. The molecule has 0 N–H and O–H groups in total. The van der Waals surface area contributed by atoms with Crippen LogP contribution in [0.5, 0.6) is 0 Å². The predicted octanol–water partition coefficient (Wildman–Crippen LogP) is 3.29. The minimum absolute atomic E-state index is 0.259. The van der Waals surface area contributed by atoms with Gasteiger partial charge < -0.3 is 4.52 Å². The predicted molar refractivity (Wildman–Crippen MR) is 81.9 cm³/mol. The highest BCUT2D eigenvalue weighted by molar-refractivity contribution is 7.92. The van der Waals surface area contributed by atoms with E-state index in [2.05, 4.69) is 5.16 Å². The van der Waals surface area contributed by atoms with Crippen LogP contribution in [0.2, 0.25) is 0 Å². The fourth-order valence-corrected chi connectivity index (χ4v) is 3.50. The lowest BCUT2D eigenvalue weighted by molar-refractivity contribution is 0.418. The van der Waals surface area contributed by atoms with E-state index < -0.39 is 10.0 Å². The van der Waals surface area contributed by atoms with Crippen molar-refractivity contribution in [3.05, 3.63) is 41.6 Å². The fraction of sp³-hybridized carbons (Fsp3) is 0.400. The molecule has 0 unspecified atom stereocenters. The minimum Gasteiger partial charge on any atom is -0.337 e. The SMILES string of the molecule is CCCCN(c1onc(C)c1C)S(=O)(=O)c1ccccc1. The smallest absolute Gasteiger partial charge is 0.266 e. The number of anilines is 1. The van der Waals surface area contributed by atoms with Crippen molar-refractivity contribution in [3.8, 4) is 0 Å². The lowest BCUT2D eigenvalue weighted by Crippen LogP contribution is -2.32. The van der Waals surface area contributed by atoms with E-state index in [-0.39, 0.29) is 4.90 Å². The van der Waals surface area contributed by atoms with E-state index in [1.165, 1.54) is 4.31 Å². The van der Waals surface area contributed by atoms with Gasteiger partial charge in [0.25, 0.3) is 10.0 Å². The first-order valence-corrected chi connectivity index (χ1v) is 8.43. The summed E-state index contributed by atoms with van der Waals surface area (Å²) in [4.78, 5) is 0.259. The molecule has 0 radical (unpaired) electrons. The lowest BCUT2D eigenvalue weighted by Gasteiger charge is -2.21. The molecule has 0 aliphatic rings. The van der Waals surface area contributed by atoms with E-state index in [4.69, 9.17) is 4.52 Å². The molecule has 6 heteroatoms. The Bertz CT molecular complexity index is 693. The number of aromatic nitrogens is 1. The number of nitrogens with zero attached hydrogens (tertiary/aromatic N) is 2. The number of aryl methyl sites for hydroxylation is 1. The Morgan fingerprint density at radius 1 is 1.19 bits per heavy atom. The molecule has 0 aliphatic heterocycles. The van der Waals surface area contributed by atoms with Crippen LogP contribution in [0, 0.1) is 13.8 Å². The number of hydrogen-bond acceptors (Lipinski definition) is 4. The lowest BCUT2D eigenvalue weighted by atomic mass is 10.3. The number of hydrogen-bond donors (Lipinski definition) is 0. The molecule has 2 aromatic rings. The van der Waals surface area contributed by atoms with Crippen molar-refractivity contribution in [2.24, 2.45) is 0 Å². The Kier molecular flexibility index (Phi) is 4.67. The molecule has 1 aromatic carbocycles. The molecular weight excluding hydrogens is 288 g/mol. The van der Waals surface area contributed by atoms with Crippen LogP contribution < -0.4 is 4.31 Å². The van der Waals surface area contributed by atoms with Crippen LogP contribution in [0.25, 0.3) is 0 Å². The third-order valence-corrected chi connectivity index (χ3v) is 5.20. The molecule has 1 heterocycles. The van der Waals surface area contributed by atoms with Crippen LogP contribution in [0.3, 0.4) is 0 Å². The summed E-state index contributed by atoms with van der Waals surface area (Å²) in [6.45, 7) is 6.02. The van der Waals surface area contributed by atoms with Gasteiger partial charge in [-0.1, -0.05) is 36.7 Å². The quantitative estimate of drug-likeness (QED) is 0.821. The summed E-state index contributed by atoms with van der Waals surface area (Å²) < 4.78 is 32.3. The fourth-order valence-electron chi connectivity index (χ4n) is 1.99. The summed E-state index contributed by atoms with van der Waals surface area (Å²) in [6, 6.07) is 8.39. The van der Waals surface area contributed by atoms with Gasteiger partial charge in [0.1, 0.15) is 0 Å². The molecule has 0 saturated carbocycles. The summed E-state index contributed by atoms with van der Waals surface area (Å²) >= 11 is 0. The second-order valence-corrected chi connectivity index (χ2v) is 6.80. The molecule has 0 amide bonds. The average Bonchev–Trinajstić information content (AvgIpc) is 2.81. The maximum atomic E-state index is 12.8. The highest BCUT2D eigenvalue weighted by atomic mass is 32.2. The summed E-state index contributed by atoms with van der Waals surface area (Å²) in [5, 5.41) is 3.87. The van der Waals surface area contributed by atoms with Crippen molar-refractivity contribution in [1.29, 1.82) is 0 Å². The Morgan fingerprint density at radius 2 is 1.86 bits per heavy atom. The molecule has 1 aromatic heterocycles. The van der Waals surface area contributed by atoms with Crippen LogP contribution in [-0.4, -0.2) is 20.1 Å². The van der Waals surface area contributed by atoms with Gasteiger partial charge >= 0.3 is 0 Å². The van der Waals surface area contributed by atoms with E-state index in [0.717, 1.165) is 18.4 Å². The molecule has 114 valence electrons. The molecule has 5 nitrogen and oxygen atoms in total. The molecular formula is C15H20N2O3S. The number of rotatable bonds is 6. The van der Waals surface area contributed by atoms with Crippen molar-refractivity contribution in [2.75, 3.05) is 10.8 Å². The minimum atomic E-state index is -3.64. The second kappa shape index (κ2) is 6.30. The van der Waals surface area contributed by atoms with Gasteiger partial charge in [0.05, 0.1) is 10.6 Å². The van der Waals surface area contributed by atoms with E-state index in [9.17, 15) is 8.42 Å². The van der Waals surface area contributed by atoms with Crippen molar-refractivity contribution in [1.82, 2.24) is 5.16 Å².